The Bertz CT molecular complexity index is 708. The lowest BCUT2D eigenvalue weighted by molar-refractivity contribution is -0.139. The van der Waals surface area contributed by atoms with E-state index < -0.39 is 17.8 Å². The first-order chi connectivity index (χ1) is 13.0. The number of rotatable bonds is 9. The fourth-order valence-electron chi connectivity index (χ4n) is 2.81. The van der Waals surface area contributed by atoms with Gasteiger partial charge in [-0.05, 0) is 32.5 Å². The number of halogens is 1. The van der Waals surface area contributed by atoms with Crippen molar-refractivity contribution in [2.45, 2.75) is 26.3 Å². The highest BCUT2D eigenvalue weighted by Crippen LogP contribution is 2.18. The standard InChI is InChI=1S/C19H26FN3O4/c1-4-14-17(18(24)26-5-2)15(22-19(25)21-14)12-23(3)10-11-27-16-9-7-6-8-13(16)20/h6-9,14H,4-5,10-12H2,1-3H3,(H2,21,22,25)/t14-/m1/s1. The molecule has 1 aliphatic heterocycles. The van der Waals surface area contributed by atoms with Crippen molar-refractivity contribution >= 4 is 12.0 Å². The SMILES string of the molecule is CCOC(=O)C1=C(CN(C)CCOc2ccccc2F)NC(=O)N[C@@H]1CC. The van der Waals surface area contributed by atoms with Crippen LogP contribution < -0.4 is 15.4 Å². The van der Waals surface area contributed by atoms with Gasteiger partial charge in [-0.3, -0.25) is 4.90 Å². The molecule has 2 rings (SSSR count). The normalized spacial score (nSPS) is 16.8. The number of carbonyl (C=O) groups is 2. The highest BCUT2D eigenvalue weighted by molar-refractivity contribution is 5.94. The van der Waals surface area contributed by atoms with Crippen LogP contribution in [0.3, 0.4) is 0 Å². The summed E-state index contributed by atoms with van der Waals surface area (Å²) >= 11 is 0. The van der Waals surface area contributed by atoms with Crippen LogP contribution in [0, 0.1) is 5.82 Å². The zero-order chi connectivity index (χ0) is 19.8. The number of nitrogens with zero attached hydrogens (tertiary/aromatic N) is 1. The number of benzene rings is 1. The van der Waals surface area contributed by atoms with E-state index >= 15 is 0 Å². The van der Waals surface area contributed by atoms with Gasteiger partial charge in [-0.15, -0.1) is 0 Å². The van der Waals surface area contributed by atoms with Crippen LogP contribution in [0.2, 0.25) is 0 Å². The fraction of sp³-hybridized carbons (Fsp3) is 0.474. The first-order valence-corrected chi connectivity index (χ1v) is 8.99. The number of hydrogen-bond donors (Lipinski definition) is 2. The van der Waals surface area contributed by atoms with Gasteiger partial charge in [0.2, 0.25) is 0 Å². The second-order valence-electron chi connectivity index (χ2n) is 6.19. The summed E-state index contributed by atoms with van der Waals surface area (Å²) in [5, 5.41) is 5.44. The number of amides is 2. The van der Waals surface area contributed by atoms with Gasteiger partial charge in [0.1, 0.15) is 6.61 Å². The van der Waals surface area contributed by atoms with Crippen LogP contribution in [0.5, 0.6) is 5.75 Å². The van der Waals surface area contributed by atoms with Crippen molar-refractivity contribution in [2.24, 2.45) is 0 Å². The molecule has 0 saturated carbocycles. The summed E-state index contributed by atoms with van der Waals surface area (Å²) in [5.41, 5.74) is 0.943. The van der Waals surface area contributed by atoms with Crippen LogP contribution >= 0.6 is 0 Å². The minimum Gasteiger partial charge on any atom is -0.489 e. The van der Waals surface area contributed by atoms with Crippen molar-refractivity contribution in [1.29, 1.82) is 0 Å². The van der Waals surface area contributed by atoms with Crippen LogP contribution in [0.15, 0.2) is 35.5 Å². The van der Waals surface area contributed by atoms with Gasteiger partial charge in [0.05, 0.1) is 18.2 Å². The van der Waals surface area contributed by atoms with E-state index in [1.165, 1.54) is 6.07 Å². The average molecular weight is 379 g/mol. The van der Waals surface area contributed by atoms with Gasteiger partial charge in [0.15, 0.2) is 11.6 Å². The topological polar surface area (TPSA) is 79.9 Å². The van der Waals surface area contributed by atoms with Gasteiger partial charge in [-0.1, -0.05) is 19.1 Å². The van der Waals surface area contributed by atoms with Crippen molar-refractivity contribution < 1.29 is 23.5 Å². The third-order valence-corrected chi connectivity index (χ3v) is 4.14. The van der Waals surface area contributed by atoms with Gasteiger partial charge in [0.25, 0.3) is 0 Å². The molecule has 0 fully saturated rings. The molecular formula is C19H26FN3O4. The lowest BCUT2D eigenvalue weighted by atomic mass is 10.00. The molecule has 1 atom stereocenters. The minimum atomic E-state index is -0.442. The van der Waals surface area contributed by atoms with Crippen molar-refractivity contribution in [3.05, 3.63) is 41.4 Å². The number of ether oxygens (including phenoxy) is 2. The van der Waals surface area contributed by atoms with Gasteiger partial charge < -0.3 is 20.1 Å². The van der Waals surface area contributed by atoms with Crippen molar-refractivity contribution in [2.75, 3.05) is 33.4 Å². The molecular weight excluding hydrogens is 353 g/mol. The number of para-hydroxylation sites is 1. The maximum atomic E-state index is 13.6. The van der Waals surface area contributed by atoms with Gasteiger partial charge in [-0.25, -0.2) is 14.0 Å². The maximum Gasteiger partial charge on any atom is 0.337 e. The summed E-state index contributed by atoms with van der Waals surface area (Å²) in [6.45, 7) is 4.96. The third-order valence-electron chi connectivity index (χ3n) is 4.14. The molecule has 0 unspecified atom stereocenters. The Labute approximate surface area is 158 Å². The lowest BCUT2D eigenvalue weighted by Crippen LogP contribution is -2.52. The predicted octanol–water partition coefficient (Wildman–Crippen LogP) is 2.04. The molecule has 1 heterocycles. The molecule has 1 aromatic carbocycles. The summed E-state index contributed by atoms with van der Waals surface area (Å²) in [5.74, 6) is -0.662. The summed E-state index contributed by atoms with van der Waals surface area (Å²) in [4.78, 5) is 26.1. The molecule has 0 saturated heterocycles. The smallest absolute Gasteiger partial charge is 0.337 e. The molecule has 7 nitrogen and oxygen atoms in total. The number of carbonyl (C=O) groups excluding carboxylic acids is 2. The molecule has 8 heteroatoms. The van der Waals surface area contributed by atoms with Gasteiger partial charge >= 0.3 is 12.0 Å². The van der Waals surface area contributed by atoms with Crippen LogP contribution in [0.1, 0.15) is 20.3 Å². The number of esters is 1. The molecule has 2 N–H and O–H groups in total. The summed E-state index contributed by atoms with van der Waals surface area (Å²) in [6, 6.07) is 5.47. The molecule has 27 heavy (non-hydrogen) atoms. The first-order valence-electron chi connectivity index (χ1n) is 8.99. The molecule has 0 radical (unpaired) electrons. The Morgan fingerprint density at radius 3 is 2.70 bits per heavy atom. The lowest BCUT2D eigenvalue weighted by Gasteiger charge is -2.30. The Kier molecular flexibility index (Phi) is 7.60. The second-order valence-corrected chi connectivity index (χ2v) is 6.19. The van der Waals surface area contributed by atoms with Gasteiger partial charge in [-0.2, -0.15) is 0 Å². The van der Waals surface area contributed by atoms with Crippen molar-refractivity contribution in [3.8, 4) is 5.75 Å². The van der Waals surface area contributed by atoms with E-state index in [0.717, 1.165) is 0 Å². The molecule has 1 aliphatic rings. The molecule has 0 aromatic heterocycles. The maximum absolute atomic E-state index is 13.6. The Hall–Kier alpha value is -2.61. The molecule has 0 aliphatic carbocycles. The van der Waals surface area contributed by atoms with Crippen LogP contribution in [-0.2, 0) is 9.53 Å². The molecule has 0 bridgehead atoms. The van der Waals surface area contributed by atoms with E-state index in [9.17, 15) is 14.0 Å². The largest absolute Gasteiger partial charge is 0.489 e. The number of hydrogen-bond acceptors (Lipinski definition) is 5. The summed E-state index contributed by atoms with van der Waals surface area (Å²) < 4.78 is 24.2. The van der Waals surface area contributed by atoms with E-state index in [0.29, 0.717) is 30.8 Å². The Morgan fingerprint density at radius 1 is 1.30 bits per heavy atom. The van der Waals surface area contributed by atoms with Gasteiger partial charge in [0, 0.05) is 18.8 Å². The predicted molar refractivity (Wildman–Crippen MR) is 98.8 cm³/mol. The molecule has 1 aromatic rings. The van der Waals surface area contributed by atoms with E-state index in [-0.39, 0.29) is 25.0 Å². The summed E-state index contributed by atoms with van der Waals surface area (Å²) in [7, 11) is 1.83. The van der Waals surface area contributed by atoms with Crippen LogP contribution in [0.25, 0.3) is 0 Å². The number of urea groups is 1. The monoisotopic (exact) mass is 379 g/mol. The third kappa shape index (κ3) is 5.68. The highest BCUT2D eigenvalue weighted by atomic mass is 19.1. The van der Waals surface area contributed by atoms with Crippen LogP contribution in [0.4, 0.5) is 9.18 Å². The zero-order valence-corrected chi connectivity index (χ0v) is 15.9. The molecule has 0 spiro atoms. The zero-order valence-electron chi connectivity index (χ0n) is 15.9. The van der Waals surface area contributed by atoms with Crippen LogP contribution in [-0.4, -0.2) is 56.3 Å². The summed E-state index contributed by atoms with van der Waals surface area (Å²) in [6.07, 6.45) is 0.575. The average Bonchev–Trinajstić information content (AvgIpc) is 2.62. The molecule has 148 valence electrons. The number of likely N-dealkylation sites (N-methyl/N-ethyl adjacent to an activating group) is 1. The Morgan fingerprint density at radius 2 is 2.04 bits per heavy atom. The van der Waals surface area contributed by atoms with Crippen molar-refractivity contribution in [3.63, 3.8) is 0 Å². The fourth-order valence-corrected chi connectivity index (χ4v) is 2.81. The van der Waals surface area contributed by atoms with E-state index in [2.05, 4.69) is 10.6 Å². The van der Waals surface area contributed by atoms with E-state index in [1.807, 2.05) is 18.9 Å². The van der Waals surface area contributed by atoms with Crippen molar-refractivity contribution in [1.82, 2.24) is 15.5 Å². The van der Waals surface area contributed by atoms with E-state index in [4.69, 9.17) is 9.47 Å². The minimum absolute atomic E-state index is 0.193. The number of nitrogens with one attached hydrogen (secondary N) is 2. The second kappa shape index (κ2) is 9.91. The first kappa shape index (κ1) is 20.7. The highest BCUT2D eigenvalue weighted by Gasteiger charge is 2.31. The Balaban J connectivity index is 2.02. The quantitative estimate of drug-likeness (QED) is 0.642. The van der Waals surface area contributed by atoms with E-state index in [1.54, 1.807) is 25.1 Å². The molecule has 2 amide bonds.